The first-order valence-corrected chi connectivity index (χ1v) is 8.62. The summed E-state index contributed by atoms with van der Waals surface area (Å²) in [7, 11) is 0. The van der Waals surface area contributed by atoms with Gasteiger partial charge in [0, 0.05) is 30.4 Å². The van der Waals surface area contributed by atoms with Crippen molar-refractivity contribution >= 4 is 0 Å². The molecule has 1 aromatic heterocycles. The van der Waals surface area contributed by atoms with E-state index in [9.17, 15) is 22.7 Å². The molecule has 0 saturated carbocycles. The highest BCUT2D eigenvalue weighted by Crippen LogP contribution is 2.21. The lowest BCUT2D eigenvalue weighted by molar-refractivity contribution is 0.173. The number of aliphatic hydroxyl groups is 1. The van der Waals surface area contributed by atoms with Gasteiger partial charge in [-0.2, -0.15) is 5.10 Å². The van der Waals surface area contributed by atoms with Gasteiger partial charge in [0.05, 0.1) is 11.8 Å². The number of hydrogen-bond acceptors (Lipinski definition) is 3. The highest BCUT2D eigenvalue weighted by atomic mass is 19.2. The molecule has 4 nitrogen and oxygen atoms in total. The van der Waals surface area contributed by atoms with Crippen LogP contribution < -0.4 is 5.32 Å². The normalized spacial score (nSPS) is 12.4. The predicted molar refractivity (Wildman–Crippen MR) is 96.0 cm³/mol. The molecule has 0 aliphatic heterocycles. The van der Waals surface area contributed by atoms with Gasteiger partial charge >= 0.3 is 0 Å². The van der Waals surface area contributed by atoms with E-state index < -0.39 is 29.4 Å². The average molecular weight is 393 g/mol. The van der Waals surface area contributed by atoms with Crippen molar-refractivity contribution in [3.63, 3.8) is 0 Å². The van der Waals surface area contributed by atoms with E-state index in [2.05, 4.69) is 10.4 Å². The molecule has 0 bridgehead atoms. The monoisotopic (exact) mass is 393 g/mol. The smallest absolute Gasteiger partial charge is 0.159 e. The molecule has 0 aliphatic carbocycles. The third kappa shape index (κ3) is 4.07. The second kappa shape index (κ2) is 8.12. The van der Waals surface area contributed by atoms with E-state index in [1.807, 2.05) is 0 Å². The molecular weight excluding hydrogens is 374 g/mol. The molecule has 0 amide bonds. The van der Waals surface area contributed by atoms with E-state index in [4.69, 9.17) is 0 Å². The van der Waals surface area contributed by atoms with Crippen LogP contribution in [-0.2, 0) is 6.54 Å². The molecule has 1 heterocycles. The molecule has 0 saturated heterocycles. The Bertz CT molecular complexity index is 1000. The third-order valence-corrected chi connectivity index (χ3v) is 4.55. The van der Waals surface area contributed by atoms with Crippen molar-refractivity contribution in [2.24, 2.45) is 0 Å². The fourth-order valence-corrected chi connectivity index (χ4v) is 2.99. The highest BCUT2D eigenvalue weighted by Gasteiger charge is 2.16. The third-order valence-electron chi connectivity index (χ3n) is 4.55. The molecule has 148 valence electrons. The maximum absolute atomic E-state index is 14.1. The van der Waals surface area contributed by atoms with Crippen molar-refractivity contribution in [3.05, 3.63) is 82.2 Å². The molecule has 0 spiro atoms. The Morgan fingerprint density at radius 1 is 1.00 bits per heavy atom. The Hall–Kier alpha value is -2.71. The SMILES string of the molecule is Cc1nn(-c2ccc(F)cc2F)c(C)c1CNC[C@H](O)c1ccc(F)c(F)c1. The van der Waals surface area contributed by atoms with E-state index in [0.29, 0.717) is 17.9 Å². The molecule has 2 N–H and O–H groups in total. The number of aromatic nitrogens is 2. The van der Waals surface area contributed by atoms with Gasteiger partial charge < -0.3 is 10.4 Å². The van der Waals surface area contributed by atoms with Crippen molar-refractivity contribution in [3.8, 4) is 5.69 Å². The Kier molecular flexibility index (Phi) is 5.81. The number of halogens is 4. The summed E-state index contributed by atoms with van der Waals surface area (Å²) in [5.74, 6) is -3.39. The van der Waals surface area contributed by atoms with Crippen LogP contribution in [0.1, 0.15) is 28.6 Å². The number of benzene rings is 2. The summed E-state index contributed by atoms with van der Waals surface area (Å²) < 4.78 is 54.9. The van der Waals surface area contributed by atoms with Gasteiger partial charge in [-0.25, -0.2) is 22.2 Å². The van der Waals surface area contributed by atoms with Crippen LogP contribution in [0.3, 0.4) is 0 Å². The lowest BCUT2D eigenvalue weighted by Gasteiger charge is -2.13. The molecule has 8 heteroatoms. The standard InChI is InChI=1S/C20H19F4N3O/c1-11-15(9-25-10-20(28)13-3-5-16(22)17(23)7-13)12(2)27(26-11)19-6-4-14(21)8-18(19)24/h3-8,20,25,28H,9-10H2,1-2H3/t20-/m0/s1. The minimum Gasteiger partial charge on any atom is -0.387 e. The van der Waals surface area contributed by atoms with Crippen LogP contribution >= 0.6 is 0 Å². The van der Waals surface area contributed by atoms with E-state index in [1.54, 1.807) is 13.8 Å². The Morgan fingerprint density at radius 2 is 1.75 bits per heavy atom. The van der Waals surface area contributed by atoms with E-state index in [0.717, 1.165) is 29.8 Å². The summed E-state index contributed by atoms with van der Waals surface area (Å²) in [5.41, 5.74) is 2.49. The molecule has 2 aromatic carbocycles. The van der Waals surface area contributed by atoms with Gasteiger partial charge in [0.15, 0.2) is 17.5 Å². The zero-order valence-corrected chi connectivity index (χ0v) is 15.3. The van der Waals surface area contributed by atoms with Crippen LogP contribution in [0.2, 0.25) is 0 Å². The fraction of sp³-hybridized carbons (Fsp3) is 0.250. The minimum absolute atomic E-state index is 0.0973. The number of hydrogen-bond donors (Lipinski definition) is 2. The zero-order chi connectivity index (χ0) is 20.4. The van der Waals surface area contributed by atoms with E-state index in [1.165, 1.54) is 16.8 Å². The minimum atomic E-state index is -1.03. The Balaban J connectivity index is 1.71. The second-order valence-electron chi connectivity index (χ2n) is 6.48. The first-order chi connectivity index (χ1) is 13.3. The maximum Gasteiger partial charge on any atom is 0.159 e. The van der Waals surface area contributed by atoms with Gasteiger partial charge in [0.25, 0.3) is 0 Å². The summed E-state index contributed by atoms with van der Waals surface area (Å²) in [6.07, 6.45) is -1.03. The van der Waals surface area contributed by atoms with Gasteiger partial charge in [0.2, 0.25) is 0 Å². The van der Waals surface area contributed by atoms with E-state index in [-0.39, 0.29) is 17.8 Å². The summed E-state index contributed by atoms with van der Waals surface area (Å²) in [6, 6.07) is 6.49. The van der Waals surface area contributed by atoms with Gasteiger partial charge in [-0.05, 0) is 43.7 Å². The molecule has 3 aromatic rings. The first kappa shape index (κ1) is 20.0. The quantitative estimate of drug-likeness (QED) is 0.625. The fourth-order valence-electron chi connectivity index (χ4n) is 2.99. The molecule has 28 heavy (non-hydrogen) atoms. The summed E-state index contributed by atoms with van der Waals surface area (Å²) in [4.78, 5) is 0. The van der Waals surface area contributed by atoms with Gasteiger partial charge in [0.1, 0.15) is 11.5 Å². The summed E-state index contributed by atoms with van der Waals surface area (Å²) in [5, 5.41) is 17.5. The second-order valence-corrected chi connectivity index (χ2v) is 6.48. The van der Waals surface area contributed by atoms with Gasteiger partial charge in [-0.3, -0.25) is 0 Å². The summed E-state index contributed by atoms with van der Waals surface area (Å²) >= 11 is 0. The van der Waals surface area contributed by atoms with Crippen molar-refractivity contribution in [2.45, 2.75) is 26.5 Å². The molecule has 1 atom stereocenters. The summed E-state index contributed by atoms with van der Waals surface area (Å²) in [6.45, 7) is 3.93. The molecule has 0 radical (unpaired) electrons. The van der Waals surface area contributed by atoms with Crippen LogP contribution in [0.15, 0.2) is 36.4 Å². The first-order valence-electron chi connectivity index (χ1n) is 8.62. The molecule has 0 aliphatic rings. The number of rotatable bonds is 6. The van der Waals surface area contributed by atoms with Crippen LogP contribution in [-0.4, -0.2) is 21.4 Å². The Labute approximate surface area is 159 Å². The number of nitrogens with zero attached hydrogens (tertiary/aromatic N) is 2. The van der Waals surface area contributed by atoms with Crippen LogP contribution in [0.25, 0.3) is 5.69 Å². The topological polar surface area (TPSA) is 50.1 Å². The van der Waals surface area contributed by atoms with Crippen molar-refractivity contribution in [2.75, 3.05) is 6.54 Å². The van der Waals surface area contributed by atoms with Crippen LogP contribution in [0.5, 0.6) is 0 Å². The van der Waals surface area contributed by atoms with Gasteiger partial charge in [-0.1, -0.05) is 6.07 Å². The molecule has 0 fully saturated rings. The van der Waals surface area contributed by atoms with Gasteiger partial charge in [-0.15, -0.1) is 0 Å². The predicted octanol–water partition coefficient (Wildman–Crippen LogP) is 3.87. The number of aliphatic hydroxyl groups excluding tert-OH is 1. The maximum atomic E-state index is 14.1. The highest BCUT2D eigenvalue weighted by molar-refractivity contribution is 5.38. The van der Waals surface area contributed by atoms with Crippen molar-refractivity contribution < 1.29 is 22.7 Å². The lowest BCUT2D eigenvalue weighted by Crippen LogP contribution is -2.22. The number of aryl methyl sites for hydroxylation is 1. The lowest BCUT2D eigenvalue weighted by atomic mass is 10.1. The molecular formula is C20H19F4N3O. The Morgan fingerprint density at radius 3 is 2.43 bits per heavy atom. The molecule has 3 rings (SSSR count). The average Bonchev–Trinajstić information content (AvgIpc) is 2.92. The van der Waals surface area contributed by atoms with Crippen molar-refractivity contribution in [1.29, 1.82) is 0 Å². The zero-order valence-electron chi connectivity index (χ0n) is 15.3. The van der Waals surface area contributed by atoms with E-state index >= 15 is 0 Å². The van der Waals surface area contributed by atoms with Crippen LogP contribution in [0.4, 0.5) is 17.6 Å². The number of nitrogens with one attached hydrogen (secondary N) is 1. The molecule has 0 unspecified atom stereocenters. The van der Waals surface area contributed by atoms with Crippen molar-refractivity contribution in [1.82, 2.24) is 15.1 Å². The van der Waals surface area contributed by atoms with Crippen LogP contribution in [0, 0.1) is 37.1 Å². The largest absolute Gasteiger partial charge is 0.387 e.